The van der Waals surface area contributed by atoms with Gasteiger partial charge in [-0.1, -0.05) is 40.0 Å². The first kappa shape index (κ1) is 20.2. The SMILES string of the molecule is CN=C(NCCCOC1CCCCC1)NCc1csc(C(C)(C)C)n1. The van der Waals surface area contributed by atoms with Crippen LogP contribution in [0.1, 0.15) is 70.0 Å². The van der Waals surface area contributed by atoms with Crippen LogP contribution in [-0.4, -0.2) is 37.2 Å². The number of nitrogens with zero attached hydrogens (tertiary/aromatic N) is 2. The summed E-state index contributed by atoms with van der Waals surface area (Å²) in [6.45, 7) is 8.98. The van der Waals surface area contributed by atoms with Gasteiger partial charge in [0, 0.05) is 31.0 Å². The molecule has 2 rings (SSSR count). The first-order valence-corrected chi connectivity index (χ1v) is 10.4. The van der Waals surface area contributed by atoms with Crippen molar-refractivity contribution in [1.29, 1.82) is 0 Å². The Labute approximate surface area is 156 Å². The maximum atomic E-state index is 5.95. The topological polar surface area (TPSA) is 58.5 Å². The number of aromatic nitrogens is 1. The summed E-state index contributed by atoms with van der Waals surface area (Å²) in [5, 5.41) is 9.98. The molecule has 1 aliphatic carbocycles. The number of nitrogens with one attached hydrogen (secondary N) is 2. The molecule has 1 fully saturated rings. The van der Waals surface area contributed by atoms with Crippen LogP contribution in [-0.2, 0) is 16.7 Å². The maximum Gasteiger partial charge on any atom is 0.191 e. The smallest absolute Gasteiger partial charge is 0.191 e. The molecule has 0 bridgehead atoms. The van der Waals surface area contributed by atoms with Crippen LogP contribution in [0, 0.1) is 0 Å². The molecule has 25 heavy (non-hydrogen) atoms. The van der Waals surface area contributed by atoms with Gasteiger partial charge in [-0.2, -0.15) is 0 Å². The minimum Gasteiger partial charge on any atom is -0.378 e. The monoisotopic (exact) mass is 366 g/mol. The Balaban J connectivity index is 1.61. The molecule has 0 atom stereocenters. The average molecular weight is 367 g/mol. The molecule has 0 aliphatic heterocycles. The fraction of sp³-hybridized carbons (Fsp3) is 0.789. The van der Waals surface area contributed by atoms with E-state index in [2.05, 4.69) is 41.8 Å². The Hall–Kier alpha value is -1.14. The molecule has 1 aromatic heterocycles. The van der Waals surface area contributed by atoms with Crippen molar-refractivity contribution >= 4 is 17.3 Å². The maximum absolute atomic E-state index is 5.95. The number of thiazole rings is 1. The standard InChI is InChI=1S/C19H34N4OS/c1-19(2,3)17-23-15(14-25-17)13-22-18(20-4)21-11-8-12-24-16-9-6-5-7-10-16/h14,16H,5-13H2,1-4H3,(H2,20,21,22). The highest BCUT2D eigenvalue weighted by molar-refractivity contribution is 7.09. The second kappa shape index (κ2) is 10.1. The van der Waals surface area contributed by atoms with E-state index in [1.54, 1.807) is 18.4 Å². The van der Waals surface area contributed by atoms with Crippen LogP contribution in [0.5, 0.6) is 0 Å². The summed E-state index contributed by atoms with van der Waals surface area (Å²) in [5.74, 6) is 0.822. The van der Waals surface area contributed by atoms with Crippen LogP contribution in [0.4, 0.5) is 0 Å². The van der Waals surface area contributed by atoms with E-state index in [0.29, 0.717) is 12.6 Å². The molecule has 1 heterocycles. The van der Waals surface area contributed by atoms with Crippen molar-refractivity contribution in [3.8, 4) is 0 Å². The summed E-state index contributed by atoms with van der Waals surface area (Å²) in [5.41, 5.74) is 1.18. The van der Waals surface area contributed by atoms with Crippen molar-refractivity contribution in [2.24, 2.45) is 4.99 Å². The molecule has 1 aliphatic rings. The third kappa shape index (κ3) is 7.32. The van der Waals surface area contributed by atoms with Gasteiger partial charge in [0.2, 0.25) is 0 Å². The van der Waals surface area contributed by atoms with E-state index >= 15 is 0 Å². The molecule has 0 saturated heterocycles. The molecule has 1 saturated carbocycles. The van der Waals surface area contributed by atoms with E-state index in [1.807, 2.05) is 0 Å². The number of rotatable bonds is 7. The Morgan fingerprint density at radius 2 is 2.04 bits per heavy atom. The van der Waals surface area contributed by atoms with E-state index in [1.165, 1.54) is 37.1 Å². The molecule has 2 N–H and O–H groups in total. The Bertz CT molecular complexity index is 530. The quantitative estimate of drug-likeness (QED) is 0.437. The van der Waals surface area contributed by atoms with Crippen molar-refractivity contribution in [3.63, 3.8) is 0 Å². The Kier molecular flexibility index (Phi) is 8.16. The first-order valence-electron chi connectivity index (χ1n) is 9.50. The third-order valence-electron chi connectivity index (χ3n) is 4.37. The lowest BCUT2D eigenvalue weighted by Crippen LogP contribution is -2.37. The summed E-state index contributed by atoms with van der Waals surface area (Å²) >= 11 is 1.73. The van der Waals surface area contributed by atoms with E-state index in [0.717, 1.165) is 31.2 Å². The molecule has 0 amide bonds. The molecule has 0 spiro atoms. The van der Waals surface area contributed by atoms with E-state index < -0.39 is 0 Å². The minimum absolute atomic E-state index is 0.112. The van der Waals surface area contributed by atoms with E-state index in [9.17, 15) is 0 Å². The van der Waals surface area contributed by atoms with Crippen LogP contribution in [0.2, 0.25) is 0 Å². The van der Waals surface area contributed by atoms with Gasteiger partial charge in [-0.15, -0.1) is 11.3 Å². The zero-order valence-electron chi connectivity index (χ0n) is 16.2. The number of aliphatic imine (C=N–C) groups is 1. The van der Waals surface area contributed by atoms with Crippen molar-refractivity contribution < 1.29 is 4.74 Å². The molecule has 5 nitrogen and oxygen atoms in total. The highest BCUT2D eigenvalue weighted by Gasteiger charge is 2.18. The van der Waals surface area contributed by atoms with Gasteiger partial charge in [0.1, 0.15) is 0 Å². The minimum atomic E-state index is 0.112. The van der Waals surface area contributed by atoms with Gasteiger partial charge in [-0.3, -0.25) is 4.99 Å². The van der Waals surface area contributed by atoms with Crippen molar-refractivity contribution in [3.05, 3.63) is 16.1 Å². The van der Waals surface area contributed by atoms with Crippen molar-refractivity contribution in [2.45, 2.75) is 77.4 Å². The summed E-state index contributed by atoms with van der Waals surface area (Å²) < 4.78 is 5.95. The van der Waals surface area contributed by atoms with Gasteiger partial charge in [-0.25, -0.2) is 4.98 Å². The van der Waals surface area contributed by atoms with Crippen LogP contribution in [0.25, 0.3) is 0 Å². The fourth-order valence-corrected chi connectivity index (χ4v) is 3.80. The molecule has 0 radical (unpaired) electrons. The van der Waals surface area contributed by atoms with Gasteiger partial charge in [-0.05, 0) is 19.3 Å². The Morgan fingerprint density at radius 1 is 1.28 bits per heavy atom. The van der Waals surface area contributed by atoms with E-state index in [4.69, 9.17) is 9.72 Å². The molecule has 1 aromatic rings. The number of hydrogen-bond donors (Lipinski definition) is 2. The van der Waals surface area contributed by atoms with Crippen LogP contribution >= 0.6 is 11.3 Å². The highest BCUT2D eigenvalue weighted by Crippen LogP contribution is 2.25. The van der Waals surface area contributed by atoms with E-state index in [-0.39, 0.29) is 5.41 Å². The summed E-state index contributed by atoms with van der Waals surface area (Å²) in [6, 6.07) is 0. The van der Waals surface area contributed by atoms with Gasteiger partial charge < -0.3 is 15.4 Å². The molecular weight excluding hydrogens is 332 g/mol. The predicted molar refractivity (Wildman–Crippen MR) is 106 cm³/mol. The molecule has 6 heteroatoms. The second-order valence-corrected chi connectivity index (χ2v) is 8.59. The molecule has 0 unspecified atom stereocenters. The summed E-state index contributed by atoms with van der Waals surface area (Å²) in [4.78, 5) is 8.98. The van der Waals surface area contributed by atoms with Crippen molar-refractivity contribution in [1.82, 2.24) is 15.6 Å². The zero-order chi connectivity index (χ0) is 18.1. The van der Waals surface area contributed by atoms with Gasteiger partial charge in [0.15, 0.2) is 5.96 Å². The van der Waals surface area contributed by atoms with Crippen molar-refractivity contribution in [2.75, 3.05) is 20.2 Å². The number of guanidine groups is 1. The molecular formula is C19H34N4OS. The van der Waals surface area contributed by atoms with Crippen LogP contribution in [0.15, 0.2) is 10.4 Å². The summed E-state index contributed by atoms with van der Waals surface area (Å²) in [6.07, 6.45) is 8.00. The number of ether oxygens (including phenoxy) is 1. The fourth-order valence-electron chi connectivity index (χ4n) is 2.89. The highest BCUT2D eigenvalue weighted by atomic mass is 32.1. The van der Waals surface area contributed by atoms with Crippen LogP contribution in [0.3, 0.4) is 0 Å². The molecule has 142 valence electrons. The van der Waals surface area contributed by atoms with Crippen LogP contribution < -0.4 is 10.6 Å². The van der Waals surface area contributed by atoms with Gasteiger partial charge in [0.25, 0.3) is 0 Å². The average Bonchev–Trinajstić information content (AvgIpc) is 3.07. The lowest BCUT2D eigenvalue weighted by molar-refractivity contribution is 0.0277. The van der Waals surface area contributed by atoms with Gasteiger partial charge >= 0.3 is 0 Å². The number of hydrogen-bond acceptors (Lipinski definition) is 4. The normalized spacial score (nSPS) is 16.9. The van der Waals surface area contributed by atoms with Gasteiger partial charge in [0.05, 0.1) is 23.4 Å². The lowest BCUT2D eigenvalue weighted by Gasteiger charge is -2.22. The predicted octanol–water partition coefficient (Wildman–Crippen LogP) is 3.85. The largest absolute Gasteiger partial charge is 0.378 e. The second-order valence-electron chi connectivity index (χ2n) is 7.73. The lowest BCUT2D eigenvalue weighted by atomic mass is 9.98. The first-order chi connectivity index (χ1) is 12.0. The molecule has 0 aromatic carbocycles. The third-order valence-corrected chi connectivity index (χ3v) is 5.69. The Morgan fingerprint density at radius 3 is 2.68 bits per heavy atom. The zero-order valence-corrected chi connectivity index (χ0v) is 17.0. The summed E-state index contributed by atoms with van der Waals surface area (Å²) in [7, 11) is 1.80.